The average molecular weight is 451 g/mol. The molecule has 0 aliphatic carbocycles. The van der Waals surface area contributed by atoms with Gasteiger partial charge in [0.05, 0.1) is 35.2 Å². The van der Waals surface area contributed by atoms with E-state index in [1.807, 2.05) is 6.92 Å². The first-order valence-electron chi connectivity index (χ1n) is 9.35. The lowest BCUT2D eigenvalue weighted by Crippen LogP contribution is -2.10. The molecule has 2 fully saturated rings. The van der Waals surface area contributed by atoms with Crippen LogP contribution in [0.1, 0.15) is 15.9 Å². The molecule has 166 valence electrons. The van der Waals surface area contributed by atoms with E-state index in [9.17, 15) is 23.3 Å². The normalized spacial score (nSPS) is 19.0. The third-order valence-corrected chi connectivity index (χ3v) is 5.53. The highest BCUT2D eigenvalue weighted by Gasteiger charge is 2.26. The largest absolute Gasteiger partial charge is 0.459 e. The zero-order valence-corrected chi connectivity index (χ0v) is 17.4. The summed E-state index contributed by atoms with van der Waals surface area (Å²) in [5.74, 6) is -0.495. The molecule has 0 N–H and O–H groups in total. The molecule has 11 heteroatoms. The van der Waals surface area contributed by atoms with Gasteiger partial charge in [0, 0.05) is 12.1 Å². The molecule has 4 rings (SSSR count). The second kappa shape index (κ2) is 9.96. The van der Waals surface area contributed by atoms with Crippen LogP contribution in [0, 0.1) is 17.0 Å². The third-order valence-electron chi connectivity index (χ3n) is 4.24. The van der Waals surface area contributed by atoms with Crippen molar-refractivity contribution in [2.24, 2.45) is 0 Å². The topological polar surface area (TPSA) is 138 Å². The van der Waals surface area contributed by atoms with Gasteiger partial charge in [-0.3, -0.25) is 14.3 Å². The highest BCUT2D eigenvalue weighted by atomic mass is 32.2. The second-order valence-corrected chi connectivity index (χ2v) is 8.48. The number of hydrogen-bond acceptors (Lipinski definition) is 9. The number of rotatable bonds is 8. The minimum atomic E-state index is -3.61. The first kappa shape index (κ1) is 22.8. The summed E-state index contributed by atoms with van der Waals surface area (Å²) in [6.07, 6.45) is -0.0350. The summed E-state index contributed by atoms with van der Waals surface area (Å²) in [5.41, 5.74) is 1.26. The molecular weight excluding hydrogens is 430 g/mol. The predicted molar refractivity (Wildman–Crippen MR) is 107 cm³/mol. The number of epoxide rings is 2. The van der Waals surface area contributed by atoms with Crippen molar-refractivity contribution in [2.45, 2.75) is 24.0 Å². The van der Waals surface area contributed by atoms with Crippen LogP contribution in [0.3, 0.4) is 0 Å². The van der Waals surface area contributed by atoms with Gasteiger partial charge in [-0.1, -0.05) is 17.7 Å². The molecule has 0 spiro atoms. The Kier molecular flexibility index (Phi) is 7.33. The van der Waals surface area contributed by atoms with Gasteiger partial charge in [-0.15, -0.1) is 0 Å². The molecule has 2 aromatic carbocycles. The Labute approximate surface area is 179 Å². The molecule has 2 atom stereocenters. The van der Waals surface area contributed by atoms with Gasteiger partial charge in [0.25, 0.3) is 15.8 Å². The highest BCUT2D eigenvalue weighted by Crippen LogP contribution is 2.17. The van der Waals surface area contributed by atoms with E-state index in [2.05, 4.69) is 0 Å². The second-order valence-electron chi connectivity index (χ2n) is 6.86. The Morgan fingerprint density at radius 3 is 2.10 bits per heavy atom. The molecule has 0 radical (unpaired) electrons. The molecule has 2 aliphatic heterocycles. The van der Waals surface area contributed by atoms with E-state index in [0.29, 0.717) is 18.8 Å². The van der Waals surface area contributed by atoms with Crippen LogP contribution >= 0.6 is 0 Å². The average Bonchev–Trinajstić information content (AvgIpc) is 3.66. The van der Waals surface area contributed by atoms with Crippen molar-refractivity contribution < 1.29 is 36.5 Å². The Morgan fingerprint density at radius 1 is 1.03 bits per heavy atom. The van der Waals surface area contributed by atoms with Crippen LogP contribution in [0.25, 0.3) is 0 Å². The van der Waals surface area contributed by atoms with Crippen LogP contribution in [0.15, 0.2) is 53.4 Å². The Hall–Kier alpha value is -2.86. The number of nitrogens with zero attached hydrogens (tertiary/aromatic N) is 1. The van der Waals surface area contributed by atoms with Crippen LogP contribution in [0.2, 0.25) is 0 Å². The molecule has 2 aliphatic rings. The number of esters is 1. The van der Waals surface area contributed by atoms with Crippen molar-refractivity contribution in [1.29, 1.82) is 0 Å². The zero-order chi connectivity index (χ0) is 22.4. The summed E-state index contributed by atoms with van der Waals surface area (Å²) in [7, 11) is -3.61. The van der Waals surface area contributed by atoms with Gasteiger partial charge in [0.2, 0.25) is 0 Å². The fraction of sp³-hybridized carbons (Fsp3) is 0.350. The van der Waals surface area contributed by atoms with E-state index in [-0.39, 0.29) is 36.0 Å². The van der Waals surface area contributed by atoms with E-state index in [1.165, 1.54) is 24.3 Å². The van der Waals surface area contributed by atoms with Gasteiger partial charge >= 0.3 is 5.97 Å². The summed E-state index contributed by atoms with van der Waals surface area (Å²) in [5, 5.41) is 10.4. The SMILES string of the molecule is Cc1ccc(S(=O)(=O)OCC2CO2)cc1.O=C(OCC1CO1)c1ccc([N+](=O)[O-])cc1. The third kappa shape index (κ3) is 7.40. The number of nitro groups is 1. The lowest BCUT2D eigenvalue weighted by molar-refractivity contribution is -0.384. The standard InChI is InChI=1S/C10H9NO5.C10H12O4S/c12-10(16-6-9-5-15-9)7-1-3-8(4-2-7)11(13)14;1-8-2-4-10(5-3-8)15(11,12)14-7-9-6-13-9/h1-4,9H,5-6H2;2-5,9H,6-7H2,1H3. The first-order chi connectivity index (χ1) is 14.7. The molecule has 31 heavy (non-hydrogen) atoms. The fourth-order valence-electron chi connectivity index (χ4n) is 2.24. The van der Waals surface area contributed by atoms with Gasteiger partial charge in [-0.25, -0.2) is 4.79 Å². The summed E-state index contributed by atoms with van der Waals surface area (Å²) in [4.78, 5) is 21.5. The molecule has 2 heterocycles. The minimum absolute atomic E-state index is 0.0157. The molecule has 0 aromatic heterocycles. The summed E-state index contributed by atoms with van der Waals surface area (Å²) in [6, 6.07) is 11.8. The van der Waals surface area contributed by atoms with E-state index < -0.39 is 21.0 Å². The number of hydrogen-bond donors (Lipinski definition) is 0. The molecule has 2 saturated heterocycles. The van der Waals surface area contributed by atoms with Crippen molar-refractivity contribution in [3.8, 4) is 0 Å². The Morgan fingerprint density at radius 2 is 1.58 bits per heavy atom. The van der Waals surface area contributed by atoms with Crippen LogP contribution in [0.5, 0.6) is 0 Å². The number of non-ortho nitro benzene ring substituents is 1. The fourth-order valence-corrected chi connectivity index (χ4v) is 3.17. The number of carbonyl (C=O) groups excluding carboxylic acids is 1. The lowest BCUT2D eigenvalue weighted by Gasteiger charge is -2.03. The van der Waals surface area contributed by atoms with E-state index >= 15 is 0 Å². The number of carbonyl (C=O) groups is 1. The maximum Gasteiger partial charge on any atom is 0.338 e. The number of ether oxygens (including phenoxy) is 3. The van der Waals surface area contributed by atoms with E-state index in [1.54, 1.807) is 24.3 Å². The van der Waals surface area contributed by atoms with E-state index in [0.717, 1.165) is 5.56 Å². The molecular formula is C20H21NO9S. The maximum absolute atomic E-state index is 11.6. The van der Waals surface area contributed by atoms with Crippen LogP contribution in [-0.4, -0.2) is 57.9 Å². The zero-order valence-electron chi connectivity index (χ0n) is 16.6. The molecule has 0 saturated carbocycles. The minimum Gasteiger partial charge on any atom is -0.459 e. The Bertz CT molecular complexity index is 1010. The highest BCUT2D eigenvalue weighted by molar-refractivity contribution is 7.86. The first-order valence-corrected chi connectivity index (χ1v) is 10.8. The van der Waals surface area contributed by atoms with Crippen molar-refractivity contribution >= 4 is 21.8 Å². The van der Waals surface area contributed by atoms with Crippen LogP contribution in [-0.2, 0) is 28.5 Å². The lowest BCUT2D eigenvalue weighted by atomic mass is 10.2. The van der Waals surface area contributed by atoms with Crippen molar-refractivity contribution in [1.82, 2.24) is 0 Å². The molecule has 10 nitrogen and oxygen atoms in total. The smallest absolute Gasteiger partial charge is 0.338 e. The molecule has 0 bridgehead atoms. The molecule has 0 amide bonds. The molecule has 2 aromatic rings. The van der Waals surface area contributed by atoms with Crippen LogP contribution in [0.4, 0.5) is 5.69 Å². The van der Waals surface area contributed by atoms with Crippen molar-refractivity contribution in [2.75, 3.05) is 26.4 Å². The van der Waals surface area contributed by atoms with Gasteiger partial charge in [-0.2, -0.15) is 8.42 Å². The maximum atomic E-state index is 11.6. The van der Waals surface area contributed by atoms with Gasteiger partial charge in [0.15, 0.2) is 0 Å². The van der Waals surface area contributed by atoms with Crippen molar-refractivity contribution in [3.63, 3.8) is 0 Å². The van der Waals surface area contributed by atoms with Crippen molar-refractivity contribution in [3.05, 3.63) is 69.8 Å². The number of nitro benzene ring substituents is 1. The number of benzene rings is 2. The van der Waals surface area contributed by atoms with Crippen LogP contribution < -0.4 is 0 Å². The van der Waals surface area contributed by atoms with Gasteiger partial charge in [0.1, 0.15) is 18.8 Å². The predicted octanol–water partition coefficient (Wildman–Crippen LogP) is 2.25. The van der Waals surface area contributed by atoms with E-state index in [4.69, 9.17) is 18.4 Å². The summed E-state index contributed by atoms with van der Waals surface area (Å²) in [6.45, 7) is 3.44. The monoisotopic (exact) mass is 451 g/mol. The summed E-state index contributed by atoms with van der Waals surface area (Å²) >= 11 is 0. The number of aryl methyl sites for hydroxylation is 1. The van der Waals surface area contributed by atoms with Gasteiger partial charge < -0.3 is 14.2 Å². The Balaban J connectivity index is 0.000000176. The quantitative estimate of drug-likeness (QED) is 0.194. The molecule has 2 unspecified atom stereocenters. The summed E-state index contributed by atoms with van der Waals surface area (Å²) < 4.78 is 42.7. The van der Waals surface area contributed by atoms with Gasteiger partial charge in [-0.05, 0) is 31.2 Å².